The second-order valence-corrected chi connectivity index (χ2v) is 14.1. The van der Waals surface area contributed by atoms with Crippen LogP contribution in [0, 0.1) is 17.3 Å². The van der Waals surface area contributed by atoms with Crippen molar-refractivity contribution < 1.29 is 18.7 Å². The van der Waals surface area contributed by atoms with Crippen LogP contribution in [0.1, 0.15) is 75.0 Å². The molecule has 0 radical (unpaired) electrons. The number of carbonyl (C=O) groups excluding carboxylic acids is 2. The number of hydrogen-bond acceptors (Lipinski definition) is 6. The van der Waals surface area contributed by atoms with Crippen LogP contribution >= 0.6 is 0 Å². The van der Waals surface area contributed by atoms with Gasteiger partial charge in [-0.05, 0) is 74.9 Å². The van der Waals surface area contributed by atoms with Crippen LogP contribution in [0.25, 0.3) is 33.6 Å². The largest absolute Gasteiger partial charge is 0.494 e. The van der Waals surface area contributed by atoms with Gasteiger partial charge < -0.3 is 29.8 Å². The minimum absolute atomic E-state index is 0.0593. The van der Waals surface area contributed by atoms with Gasteiger partial charge in [0, 0.05) is 36.5 Å². The highest BCUT2D eigenvalue weighted by Crippen LogP contribution is 2.46. The fourth-order valence-electron chi connectivity index (χ4n) is 7.31. The summed E-state index contributed by atoms with van der Waals surface area (Å²) in [6, 6.07) is 8.83. The van der Waals surface area contributed by atoms with E-state index in [1.54, 1.807) is 19.2 Å². The molecule has 2 aliphatic heterocycles. The molecule has 1 aliphatic carbocycles. The van der Waals surface area contributed by atoms with Crippen LogP contribution in [0.4, 0.5) is 4.39 Å². The fraction of sp³-hybridized carbons (Fsp3) is 0.543. The zero-order valence-corrected chi connectivity index (χ0v) is 27.3. The summed E-state index contributed by atoms with van der Waals surface area (Å²) < 4.78 is 24.6. The van der Waals surface area contributed by atoms with Gasteiger partial charge in [-0.25, -0.2) is 14.4 Å². The van der Waals surface area contributed by atoms with Gasteiger partial charge in [0.25, 0.3) is 5.91 Å². The molecule has 7 rings (SSSR count). The normalized spacial score (nSPS) is 26.4. The van der Waals surface area contributed by atoms with E-state index in [-0.39, 0.29) is 17.9 Å². The van der Waals surface area contributed by atoms with Gasteiger partial charge >= 0.3 is 0 Å². The first-order valence-corrected chi connectivity index (χ1v) is 16.6. The molecular formula is C35H44FN7O3. The minimum Gasteiger partial charge on any atom is -0.494 e. The lowest BCUT2D eigenvalue weighted by Crippen LogP contribution is -2.52. The summed E-state index contributed by atoms with van der Waals surface area (Å²) in [7, 11) is 3.54. The Morgan fingerprint density at radius 1 is 1.15 bits per heavy atom. The molecule has 4 aromatic rings. The van der Waals surface area contributed by atoms with Crippen molar-refractivity contribution in [2.75, 3.05) is 20.2 Å². The molecule has 1 saturated carbocycles. The molecule has 3 aliphatic rings. The van der Waals surface area contributed by atoms with E-state index in [4.69, 9.17) is 14.7 Å². The molecular weight excluding hydrogens is 585 g/mol. The predicted molar refractivity (Wildman–Crippen MR) is 175 cm³/mol. The molecule has 2 amide bonds. The molecule has 0 spiro atoms. The van der Waals surface area contributed by atoms with E-state index in [1.807, 2.05) is 38.5 Å². The van der Waals surface area contributed by atoms with Crippen molar-refractivity contribution in [1.82, 2.24) is 35.1 Å². The number of hydrogen-bond donors (Lipinski definition) is 3. The number of imidazole rings is 1. The summed E-state index contributed by atoms with van der Waals surface area (Å²) in [5, 5.41) is 10.2. The third kappa shape index (κ3) is 5.52. The fourth-order valence-corrected chi connectivity index (χ4v) is 7.31. The van der Waals surface area contributed by atoms with Crippen LogP contribution in [0.15, 0.2) is 30.3 Å². The van der Waals surface area contributed by atoms with Crippen molar-refractivity contribution in [2.24, 2.45) is 24.3 Å². The number of amides is 2. The molecule has 1 aromatic carbocycles. The molecule has 11 heteroatoms. The van der Waals surface area contributed by atoms with E-state index in [0.717, 1.165) is 66.0 Å². The average Bonchev–Trinajstić information content (AvgIpc) is 3.55. The van der Waals surface area contributed by atoms with Crippen molar-refractivity contribution in [3.63, 3.8) is 0 Å². The molecule has 3 N–H and O–H groups in total. The number of halogens is 1. The Morgan fingerprint density at radius 3 is 2.76 bits per heavy atom. The number of nitrogens with zero attached hydrogens (tertiary/aromatic N) is 4. The van der Waals surface area contributed by atoms with Gasteiger partial charge in [-0.15, -0.1) is 0 Å². The lowest BCUT2D eigenvalue weighted by Gasteiger charge is -2.27. The van der Waals surface area contributed by atoms with Crippen LogP contribution in [0.2, 0.25) is 0 Å². The summed E-state index contributed by atoms with van der Waals surface area (Å²) in [5.74, 6) is 2.13. The van der Waals surface area contributed by atoms with Gasteiger partial charge in [0.1, 0.15) is 23.1 Å². The summed E-state index contributed by atoms with van der Waals surface area (Å²) in [6.07, 6.45) is 3.43. The predicted octanol–water partition coefficient (Wildman–Crippen LogP) is 5.05. The van der Waals surface area contributed by atoms with Crippen LogP contribution in [-0.4, -0.2) is 63.3 Å². The minimum atomic E-state index is -1.09. The number of aromatic nitrogens is 4. The number of benzene rings is 1. The third-order valence-electron chi connectivity index (χ3n) is 10.4. The van der Waals surface area contributed by atoms with Gasteiger partial charge in [0.05, 0.1) is 36.1 Å². The molecule has 5 heterocycles. The van der Waals surface area contributed by atoms with Gasteiger partial charge in [-0.3, -0.25) is 9.59 Å². The second-order valence-electron chi connectivity index (χ2n) is 14.1. The Balaban J connectivity index is 1.30. The lowest BCUT2D eigenvalue weighted by molar-refractivity contribution is -0.130. The number of piperidine rings is 1. The monoisotopic (exact) mass is 629 g/mol. The van der Waals surface area contributed by atoms with Crippen molar-refractivity contribution >= 4 is 33.9 Å². The lowest BCUT2D eigenvalue weighted by atomic mass is 9.85. The van der Waals surface area contributed by atoms with Crippen LogP contribution in [0.5, 0.6) is 5.75 Å². The number of fused-ring (bicyclic) bond motifs is 3. The van der Waals surface area contributed by atoms with E-state index in [9.17, 15) is 14.0 Å². The van der Waals surface area contributed by atoms with E-state index in [1.165, 1.54) is 0 Å². The smallest absolute Gasteiger partial charge is 0.251 e. The quantitative estimate of drug-likeness (QED) is 0.291. The Morgan fingerprint density at radius 2 is 1.98 bits per heavy atom. The highest BCUT2D eigenvalue weighted by molar-refractivity contribution is 6.00. The average molecular weight is 630 g/mol. The summed E-state index contributed by atoms with van der Waals surface area (Å²) in [4.78, 5) is 36.7. The van der Waals surface area contributed by atoms with E-state index >= 15 is 0 Å². The highest BCUT2D eigenvalue weighted by Gasteiger charge is 2.39. The molecule has 5 atom stereocenters. The SMILES string of the molecule is COc1cc(C(=O)N[C@H]2CNCC[C@@H]2F)cc2nc(-c3cc4ccc5nc4n3C[C@H]3C[C@H]3CCCC(C)(C)C(=O)N[C@@H]5C)n(C)c12. The van der Waals surface area contributed by atoms with Gasteiger partial charge in [0.2, 0.25) is 5.91 Å². The van der Waals surface area contributed by atoms with Gasteiger partial charge in [0.15, 0.2) is 5.82 Å². The number of methoxy groups -OCH3 is 1. The van der Waals surface area contributed by atoms with E-state index < -0.39 is 17.6 Å². The highest BCUT2D eigenvalue weighted by atomic mass is 19.1. The first kappa shape index (κ1) is 30.7. The number of pyridine rings is 1. The number of aryl methyl sites for hydroxylation is 1. The maximum Gasteiger partial charge on any atom is 0.251 e. The first-order chi connectivity index (χ1) is 22.0. The Labute approximate surface area is 268 Å². The molecule has 46 heavy (non-hydrogen) atoms. The number of nitrogens with one attached hydrogen (secondary N) is 3. The molecule has 3 aromatic heterocycles. The summed E-state index contributed by atoms with van der Waals surface area (Å²) >= 11 is 0. The van der Waals surface area contributed by atoms with E-state index in [2.05, 4.69) is 32.7 Å². The van der Waals surface area contributed by atoms with Crippen LogP contribution < -0.4 is 20.7 Å². The second kappa shape index (κ2) is 11.7. The molecule has 2 fully saturated rings. The Hall–Kier alpha value is -3.99. The van der Waals surface area contributed by atoms with Gasteiger partial charge in [-0.1, -0.05) is 26.7 Å². The molecule has 244 valence electrons. The van der Waals surface area contributed by atoms with Crippen LogP contribution in [-0.2, 0) is 18.4 Å². The summed E-state index contributed by atoms with van der Waals surface area (Å²) in [5.41, 5.74) is 3.97. The van der Waals surface area contributed by atoms with Crippen molar-refractivity contribution in [1.29, 1.82) is 0 Å². The van der Waals surface area contributed by atoms with E-state index in [0.29, 0.717) is 48.2 Å². The Bertz CT molecular complexity index is 1830. The molecule has 2 bridgehead atoms. The molecule has 10 nitrogen and oxygen atoms in total. The van der Waals surface area contributed by atoms with Crippen molar-refractivity contribution in [3.05, 3.63) is 41.6 Å². The number of carbonyl (C=O) groups is 2. The maximum absolute atomic E-state index is 14.5. The maximum atomic E-state index is 14.5. The number of rotatable bonds is 4. The number of ether oxygens (including phenoxy) is 1. The number of alkyl halides is 1. The zero-order chi connectivity index (χ0) is 32.3. The first-order valence-electron chi connectivity index (χ1n) is 16.6. The van der Waals surface area contributed by atoms with Gasteiger partial charge in [-0.2, -0.15) is 0 Å². The molecule has 1 saturated heterocycles. The Kier molecular flexibility index (Phi) is 7.77. The van der Waals surface area contributed by atoms with Crippen molar-refractivity contribution in [2.45, 2.75) is 77.7 Å². The van der Waals surface area contributed by atoms with Crippen molar-refractivity contribution in [3.8, 4) is 17.3 Å². The topological polar surface area (TPSA) is 115 Å². The summed E-state index contributed by atoms with van der Waals surface area (Å²) in [6.45, 7) is 7.89. The zero-order valence-electron chi connectivity index (χ0n) is 27.3. The molecule has 0 unspecified atom stereocenters. The van der Waals surface area contributed by atoms with Crippen LogP contribution in [0.3, 0.4) is 0 Å². The standard InChI is InChI=1S/C35H44FN7O3/c1-19-25-9-8-21-15-28(43(31(21)39-25)18-23-13-20(23)7-6-11-35(2,3)34(45)38-19)32-40-26-14-22(16-29(46-5)30(26)42(32)4)33(44)41-27-17-37-12-10-24(27)36/h8-9,14-16,19-20,23-24,27,37H,6-7,10-13,17-18H2,1-5H3,(H,38,45)(H,41,44)/t19-,20-,23-,24+,27+/m1/s1. The third-order valence-corrected chi connectivity index (χ3v) is 10.4.